The number of hydrogen-bond acceptors (Lipinski definition) is 5. The van der Waals surface area contributed by atoms with Gasteiger partial charge in [-0.3, -0.25) is 0 Å². The minimum Gasteiger partial charge on any atom is -0.454 e. The Morgan fingerprint density at radius 3 is 2.80 bits per heavy atom. The molecular formula is C15H23NO4. The molecule has 0 aromatic heterocycles. The standard InChI is InChI=1S/C15H23NO4/c1-4-16-13(9-18-11(2)8-17-3)12-5-6-14-15(7-12)20-10-19-14/h5-7,11,13,16H,4,8-10H2,1-3H3. The molecule has 0 bridgehead atoms. The van der Waals surface area contributed by atoms with E-state index >= 15 is 0 Å². The number of fused-ring (bicyclic) bond motifs is 1. The molecule has 2 atom stereocenters. The molecule has 0 radical (unpaired) electrons. The van der Waals surface area contributed by atoms with Crippen molar-refractivity contribution >= 4 is 0 Å². The Labute approximate surface area is 120 Å². The van der Waals surface area contributed by atoms with E-state index in [1.165, 1.54) is 0 Å². The van der Waals surface area contributed by atoms with Crippen LogP contribution < -0.4 is 14.8 Å². The number of nitrogens with one attached hydrogen (secondary N) is 1. The third-order valence-corrected chi connectivity index (χ3v) is 3.20. The van der Waals surface area contributed by atoms with Crippen LogP contribution in [-0.4, -0.2) is 39.8 Å². The second-order valence-corrected chi connectivity index (χ2v) is 4.82. The maximum absolute atomic E-state index is 5.81. The molecule has 1 aromatic carbocycles. The molecule has 20 heavy (non-hydrogen) atoms. The third kappa shape index (κ3) is 3.85. The fourth-order valence-corrected chi connectivity index (χ4v) is 2.19. The van der Waals surface area contributed by atoms with Crippen LogP contribution in [0.5, 0.6) is 11.5 Å². The summed E-state index contributed by atoms with van der Waals surface area (Å²) in [6, 6.07) is 6.14. The van der Waals surface area contributed by atoms with Crippen molar-refractivity contribution in [3.8, 4) is 11.5 Å². The minimum atomic E-state index is 0.0789. The SMILES string of the molecule is CCNC(COC(C)COC)c1ccc2c(c1)OCO2. The minimum absolute atomic E-state index is 0.0789. The topological polar surface area (TPSA) is 49.0 Å². The molecule has 0 amide bonds. The van der Waals surface area contributed by atoms with Crippen molar-refractivity contribution in [1.82, 2.24) is 5.32 Å². The van der Waals surface area contributed by atoms with Crippen molar-refractivity contribution < 1.29 is 18.9 Å². The second-order valence-electron chi connectivity index (χ2n) is 4.82. The Bertz CT molecular complexity index is 424. The molecule has 2 rings (SSSR count). The summed E-state index contributed by atoms with van der Waals surface area (Å²) in [4.78, 5) is 0. The smallest absolute Gasteiger partial charge is 0.231 e. The van der Waals surface area contributed by atoms with Crippen molar-refractivity contribution in [1.29, 1.82) is 0 Å². The molecule has 2 unspecified atom stereocenters. The van der Waals surface area contributed by atoms with Gasteiger partial charge in [0.25, 0.3) is 0 Å². The zero-order valence-electron chi connectivity index (χ0n) is 12.3. The molecule has 0 saturated carbocycles. The van der Waals surface area contributed by atoms with Gasteiger partial charge in [-0.05, 0) is 31.2 Å². The Hall–Kier alpha value is -1.30. The average molecular weight is 281 g/mol. The van der Waals surface area contributed by atoms with Crippen LogP contribution in [0, 0.1) is 0 Å². The van der Waals surface area contributed by atoms with Gasteiger partial charge in [0.15, 0.2) is 11.5 Å². The number of hydrogen-bond donors (Lipinski definition) is 1. The molecule has 0 spiro atoms. The fourth-order valence-electron chi connectivity index (χ4n) is 2.19. The second kappa shape index (κ2) is 7.47. The molecule has 1 heterocycles. The lowest BCUT2D eigenvalue weighted by molar-refractivity contribution is -0.000396. The van der Waals surface area contributed by atoms with E-state index < -0.39 is 0 Å². The van der Waals surface area contributed by atoms with Crippen LogP contribution >= 0.6 is 0 Å². The first kappa shape index (κ1) is 15.1. The normalized spacial score (nSPS) is 16.1. The first-order valence-electron chi connectivity index (χ1n) is 6.98. The molecular weight excluding hydrogens is 258 g/mol. The van der Waals surface area contributed by atoms with Crippen LogP contribution in [0.4, 0.5) is 0 Å². The van der Waals surface area contributed by atoms with Gasteiger partial charge in [-0.15, -0.1) is 0 Å². The molecule has 1 aliphatic rings. The van der Waals surface area contributed by atoms with Gasteiger partial charge in [-0.25, -0.2) is 0 Å². The highest BCUT2D eigenvalue weighted by molar-refractivity contribution is 5.45. The lowest BCUT2D eigenvalue weighted by Crippen LogP contribution is -2.28. The molecule has 5 heteroatoms. The van der Waals surface area contributed by atoms with E-state index in [9.17, 15) is 0 Å². The van der Waals surface area contributed by atoms with E-state index in [0.717, 1.165) is 23.6 Å². The summed E-state index contributed by atoms with van der Waals surface area (Å²) in [6.45, 7) is 6.45. The van der Waals surface area contributed by atoms with Crippen molar-refractivity contribution in [2.45, 2.75) is 26.0 Å². The summed E-state index contributed by atoms with van der Waals surface area (Å²) >= 11 is 0. The molecule has 1 aromatic rings. The van der Waals surface area contributed by atoms with E-state index in [1.807, 2.05) is 25.1 Å². The first-order chi connectivity index (χ1) is 9.74. The summed E-state index contributed by atoms with van der Waals surface area (Å²) in [6.07, 6.45) is 0.0789. The molecule has 112 valence electrons. The zero-order valence-corrected chi connectivity index (χ0v) is 12.3. The highest BCUT2D eigenvalue weighted by Crippen LogP contribution is 2.34. The summed E-state index contributed by atoms with van der Waals surface area (Å²) in [7, 11) is 1.68. The monoisotopic (exact) mass is 281 g/mol. The highest BCUT2D eigenvalue weighted by atomic mass is 16.7. The van der Waals surface area contributed by atoms with Crippen LogP contribution in [0.1, 0.15) is 25.5 Å². The number of methoxy groups -OCH3 is 1. The first-order valence-corrected chi connectivity index (χ1v) is 6.98. The van der Waals surface area contributed by atoms with Gasteiger partial charge in [0, 0.05) is 7.11 Å². The van der Waals surface area contributed by atoms with Gasteiger partial charge in [-0.2, -0.15) is 0 Å². The Kier molecular flexibility index (Phi) is 5.64. The van der Waals surface area contributed by atoms with E-state index in [-0.39, 0.29) is 12.1 Å². The quantitative estimate of drug-likeness (QED) is 0.791. The predicted molar refractivity (Wildman–Crippen MR) is 76.3 cm³/mol. The summed E-state index contributed by atoms with van der Waals surface area (Å²) in [5.74, 6) is 1.60. The lowest BCUT2D eigenvalue weighted by Gasteiger charge is -2.21. The van der Waals surface area contributed by atoms with Crippen LogP contribution in [0.25, 0.3) is 0 Å². The van der Waals surface area contributed by atoms with Crippen molar-refractivity contribution in [2.75, 3.05) is 33.7 Å². The Morgan fingerprint density at radius 1 is 1.25 bits per heavy atom. The number of benzene rings is 1. The van der Waals surface area contributed by atoms with E-state index in [2.05, 4.69) is 12.2 Å². The summed E-state index contributed by atoms with van der Waals surface area (Å²) in [5.41, 5.74) is 1.14. The van der Waals surface area contributed by atoms with Gasteiger partial charge in [0.2, 0.25) is 6.79 Å². The fraction of sp³-hybridized carbons (Fsp3) is 0.600. The van der Waals surface area contributed by atoms with Crippen molar-refractivity contribution in [3.63, 3.8) is 0 Å². The van der Waals surface area contributed by atoms with Gasteiger partial charge >= 0.3 is 0 Å². The van der Waals surface area contributed by atoms with E-state index in [1.54, 1.807) is 7.11 Å². The zero-order chi connectivity index (χ0) is 14.4. The predicted octanol–water partition coefficient (Wildman–Crippen LogP) is 2.12. The number of ether oxygens (including phenoxy) is 4. The number of likely N-dealkylation sites (N-methyl/N-ethyl adjacent to an activating group) is 1. The Balaban J connectivity index is 2.00. The van der Waals surface area contributed by atoms with E-state index in [4.69, 9.17) is 18.9 Å². The van der Waals surface area contributed by atoms with Crippen LogP contribution in [-0.2, 0) is 9.47 Å². The molecule has 5 nitrogen and oxygen atoms in total. The maximum Gasteiger partial charge on any atom is 0.231 e. The molecule has 0 aliphatic carbocycles. The van der Waals surface area contributed by atoms with Gasteiger partial charge < -0.3 is 24.3 Å². The Morgan fingerprint density at radius 2 is 2.05 bits per heavy atom. The van der Waals surface area contributed by atoms with Crippen LogP contribution in [0.3, 0.4) is 0 Å². The molecule has 1 N–H and O–H groups in total. The largest absolute Gasteiger partial charge is 0.454 e. The van der Waals surface area contributed by atoms with Crippen molar-refractivity contribution in [3.05, 3.63) is 23.8 Å². The highest BCUT2D eigenvalue weighted by Gasteiger charge is 2.18. The number of rotatable bonds is 8. The maximum atomic E-state index is 5.81. The summed E-state index contributed by atoms with van der Waals surface area (Å²) in [5, 5.41) is 3.43. The molecule has 0 fully saturated rings. The van der Waals surface area contributed by atoms with Crippen molar-refractivity contribution in [2.24, 2.45) is 0 Å². The van der Waals surface area contributed by atoms with Gasteiger partial charge in [0.05, 0.1) is 25.4 Å². The van der Waals surface area contributed by atoms with E-state index in [0.29, 0.717) is 20.0 Å². The third-order valence-electron chi connectivity index (χ3n) is 3.20. The van der Waals surface area contributed by atoms with Gasteiger partial charge in [0.1, 0.15) is 0 Å². The molecule has 0 saturated heterocycles. The summed E-state index contributed by atoms with van der Waals surface area (Å²) < 4.78 is 21.6. The van der Waals surface area contributed by atoms with Gasteiger partial charge in [-0.1, -0.05) is 13.0 Å². The molecule has 1 aliphatic heterocycles. The average Bonchev–Trinajstić information content (AvgIpc) is 2.91. The van der Waals surface area contributed by atoms with Crippen LogP contribution in [0.2, 0.25) is 0 Å². The lowest BCUT2D eigenvalue weighted by atomic mass is 10.1. The van der Waals surface area contributed by atoms with Crippen LogP contribution in [0.15, 0.2) is 18.2 Å².